The maximum atomic E-state index is 11.9. The fraction of sp³-hybridized carbons (Fsp3) is 0.273. The number of nitrogens with two attached hydrogens (primary N) is 1. The lowest BCUT2D eigenvalue weighted by Gasteiger charge is -2.24. The smallest absolute Gasteiger partial charge is 0.252 e. The lowest BCUT2D eigenvalue weighted by molar-refractivity contribution is 0.0932. The van der Waals surface area contributed by atoms with Gasteiger partial charge in [0.05, 0.1) is 15.6 Å². The molecule has 0 saturated heterocycles. The zero-order chi connectivity index (χ0) is 13.2. The molecule has 3 nitrogen and oxygen atoms in total. The highest BCUT2D eigenvalue weighted by molar-refractivity contribution is 9.10. The number of thiocarbonyl (C=S) groups is 1. The molecule has 1 rings (SSSR count). The number of hydrogen-bond acceptors (Lipinski definition) is 2. The summed E-state index contributed by atoms with van der Waals surface area (Å²) >= 11 is 14.0. The van der Waals surface area contributed by atoms with Crippen molar-refractivity contribution >= 4 is 50.6 Å². The van der Waals surface area contributed by atoms with Crippen molar-refractivity contribution in [2.75, 3.05) is 0 Å². The zero-order valence-corrected chi connectivity index (χ0v) is 12.5. The van der Waals surface area contributed by atoms with Crippen molar-refractivity contribution in [3.8, 4) is 0 Å². The predicted octanol–water partition coefficient (Wildman–Crippen LogP) is 2.90. The molecule has 0 heterocycles. The third kappa shape index (κ3) is 3.66. The molecule has 0 radical (unpaired) electrons. The molecule has 0 aliphatic carbocycles. The number of nitrogens with one attached hydrogen (secondary N) is 1. The van der Waals surface area contributed by atoms with Crippen LogP contribution in [0, 0.1) is 0 Å². The lowest BCUT2D eigenvalue weighted by Crippen LogP contribution is -2.52. The Kier molecular flexibility index (Phi) is 4.52. The molecule has 0 aliphatic rings. The van der Waals surface area contributed by atoms with Gasteiger partial charge in [0, 0.05) is 10.0 Å². The quantitative estimate of drug-likeness (QED) is 0.835. The van der Waals surface area contributed by atoms with E-state index < -0.39 is 5.54 Å². The van der Waals surface area contributed by atoms with E-state index in [9.17, 15) is 4.79 Å². The fourth-order valence-electron chi connectivity index (χ4n) is 1.05. The van der Waals surface area contributed by atoms with Gasteiger partial charge in [-0.2, -0.15) is 0 Å². The van der Waals surface area contributed by atoms with Crippen LogP contribution < -0.4 is 11.1 Å². The fourth-order valence-corrected chi connectivity index (χ4v) is 1.53. The second-order valence-corrected chi connectivity index (χ2v) is 5.77. The van der Waals surface area contributed by atoms with Crippen molar-refractivity contribution in [1.29, 1.82) is 0 Å². The normalized spacial score (nSPS) is 11.1. The Hall–Kier alpha value is -0.650. The van der Waals surface area contributed by atoms with E-state index in [0.717, 1.165) is 4.47 Å². The van der Waals surface area contributed by atoms with E-state index >= 15 is 0 Å². The topological polar surface area (TPSA) is 55.1 Å². The molecule has 1 aromatic rings. The number of rotatable bonds is 3. The summed E-state index contributed by atoms with van der Waals surface area (Å²) in [6.07, 6.45) is 0. The first-order chi connectivity index (χ1) is 7.74. The van der Waals surface area contributed by atoms with E-state index in [1.54, 1.807) is 32.0 Å². The van der Waals surface area contributed by atoms with Gasteiger partial charge in [-0.15, -0.1) is 0 Å². The molecule has 1 amide bonds. The van der Waals surface area contributed by atoms with Crippen molar-refractivity contribution in [2.45, 2.75) is 19.4 Å². The third-order valence-electron chi connectivity index (χ3n) is 2.22. The van der Waals surface area contributed by atoms with Crippen LogP contribution in [0.25, 0.3) is 0 Å². The minimum atomic E-state index is -0.730. The predicted molar refractivity (Wildman–Crippen MR) is 77.5 cm³/mol. The Bertz CT molecular complexity index is 477. The summed E-state index contributed by atoms with van der Waals surface area (Å²) in [6.45, 7) is 3.49. The molecule has 0 unspecified atom stereocenters. The van der Waals surface area contributed by atoms with Crippen LogP contribution in [0.3, 0.4) is 0 Å². The second-order valence-electron chi connectivity index (χ2n) is 4.07. The van der Waals surface area contributed by atoms with Crippen LogP contribution in [0.1, 0.15) is 24.2 Å². The van der Waals surface area contributed by atoms with E-state index in [4.69, 9.17) is 29.6 Å². The van der Waals surface area contributed by atoms with Gasteiger partial charge >= 0.3 is 0 Å². The van der Waals surface area contributed by atoms with Crippen LogP contribution in [0.4, 0.5) is 0 Å². The van der Waals surface area contributed by atoms with E-state index in [1.165, 1.54) is 0 Å². The molecule has 0 bridgehead atoms. The molecule has 0 saturated carbocycles. The minimum absolute atomic E-state index is 0.231. The molecule has 0 aromatic heterocycles. The molecule has 1 aromatic carbocycles. The maximum Gasteiger partial charge on any atom is 0.252 e. The van der Waals surface area contributed by atoms with E-state index in [2.05, 4.69) is 21.2 Å². The second kappa shape index (κ2) is 5.33. The molecular formula is C11H12BrClN2OS. The van der Waals surface area contributed by atoms with Gasteiger partial charge in [-0.3, -0.25) is 4.79 Å². The number of benzene rings is 1. The number of halogens is 2. The van der Waals surface area contributed by atoms with Crippen molar-refractivity contribution in [3.63, 3.8) is 0 Å². The van der Waals surface area contributed by atoms with E-state index in [0.29, 0.717) is 10.6 Å². The van der Waals surface area contributed by atoms with Crippen LogP contribution in [0.2, 0.25) is 5.02 Å². The Balaban J connectivity index is 2.91. The number of hydrogen-bond donors (Lipinski definition) is 2. The first kappa shape index (κ1) is 14.4. The highest BCUT2D eigenvalue weighted by atomic mass is 79.9. The van der Waals surface area contributed by atoms with Crippen LogP contribution >= 0.6 is 39.7 Å². The molecule has 0 spiro atoms. The molecule has 0 fully saturated rings. The average molecular weight is 336 g/mol. The first-order valence-electron chi connectivity index (χ1n) is 4.81. The van der Waals surface area contributed by atoms with Gasteiger partial charge in [0.25, 0.3) is 5.91 Å². The van der Waals surface area contributed by atoms with Gasteiger partial charge in [0.1, 0.15) is 0 Å². The van der Waals surface area contributed by atoms with Gasteiger partial charge < -0.3 is 11.1 Å². The summed E-state index contributed by atoms with van der Waals surface area (Å²) in [7, 11) is 0. The number of carbonyl (C=O) groups excluding carboxylic acids is 1. The van der Waals surface area contributed by atoms with Crippen molar-refractivity contribution < 1.29 is 4.79 Å². The van der Waals surface area contributed by atoms with Crippen molar-refractivity contribution in [3.05, 3.63) is 33.3 Å². The number of carbonyl (C=O) groups is 1. The summed E-state index contributed by atoms with van der Waals surface area (Å²) in [4.78, 5) is 12.2. The van der Waals surface area contributed by atoms with Gasteiger partial charge in [-0.25, -0.2) is 0 Å². The summed E-state index contributed by atoms with van der Waals surface area (Å²) in [6, 6.07) is 4.96. The van der Waals surface area contributed by atoms with Gasteiger partial charge in [-0.05, 0) is 48.0 Å². The lowest BCUT2D eigenvalue weighted by atomic mass is 10.1. The Labute approximate surface area is 119 Å². The molecule has 92 valence electrons. The maximum absolute atomic E-state index is 11.9. The minimum Gasteiger partial charge on any atom is -0.391 e. The van der Waals surface area contributed by atoms with Crippen LogP contribution in [0.5, 0.6) is 0 Å². The highest BCUT2D eigenvalue weighted by Gasteiger charge is 2.24. The van der Waals surface area contributed by atoms with Crippen LogP contribution in [-0.4, -0.2) is 16.4 Å². The summed E-state index contributed by atoms with van der Waals surface area (Å²) in [5.74, 6) is -0.266. The molecule has 3 N–H and O–H groups in total. The highest BCUT2D eigenvalue weighted by Crippen LogP contribution is 2.23. The first-order valence-corrected chi connectivity index (χ1v) is 6.39. The molecule has 0 aliphatic heterocycles. The summed E-state index contributed by atoms with van der Waals surface area (Å²) in [5.41, 5.74) is 5.26. The molecule has 0 atom stereocenters. The Morgan fingerprint density at radius 2 is 2.12 bits per heavy atom. The monoisotopic (exact) mass is 334 g/mol. The average Bonchev–Trinajstić information content (AvgIpc) is 2.21. The Morgan fingerprint density at radius 1 is 1.53 bits per heavy atom. The molecule has 6 heteroatoms. The zero-order valence-electron chi connectivity index (χ0n) is 9.38. The Morgan fingerprint density at radius 3 is 2.59 bits per heavy atom. The van der Waals surface area contributed by atoms with Gasteiger partial charge in [0.15, 0.2) is 0 Å². The van der Waals surface area contributed by atoms with Crippen LogP contribution in [0.15, 0.2) is 22.7 Å². The molecule has 17 heavy (non-hydrogen) atoms. The SMILES string of the molecule is CC(C)(NC(=O)c1ccc(Br)c(Cl)c1)C(N)=S. The van der Waals surface area contributed by atoms with Crippen LogP contribution in [-0.2, 0) is 0 Å². The van der Waals surface area contributed by atoms with E-state index in [1.807, 2.05) is 0 Å². The van der Waals surface area contributed by atoms with Crippen molar-refractivity contribution in [1.82, 2.24) is 5.32 Å². The standard InChI is InChI=1S/C11H12BrClN2OS/c1-11(2,10(14)17)15-9(16)6-3-4-7(12)8(13)5-6/h3-5H,1-2H3,(H2,14,17)(H,15,16). The third-order valence-corrected chi connectivity index (χ3v) is 3.97. The summed E-state index contributed by atoms with van der Waals surface area (Å²) in [5, 5.41) is 3.22. The van der Waals surface area contributed by atoms with Gasteiger partial charge in [0.2, 0.25) is 0 Å². The van der Waals surface area contributed by atoms with E-state index in [-0.39, 0.29) is 10.9 Å². The summed E-state index contributed by atoms with van der Waals surface area (Å²) < 4.78 is 0.740. The molecular weight excluding hydrogens is 324 g/mol. The van der Waals surface area contributed by atoms with Gasteiger partial charge in [-0.1, -0.05) is 23.8 Å². The van der Waals surface area contributed by atoms with Crippen molar-refractivity contribution in [2.24, 2.45) is 5.73 Å². The number of amides is 1. The largest absolute Gasteiger partial charge is 0.391 e.